The molecule has 1 amide bonds. The van der Waals surface area contributed by atoms with Crippen molar-refractivity contribution in [1.29, 1.82) is 0 Å². The summed E-state index contributed by atoms with van der Waals surface area (Å²) < 4.78 is 5.50. The van der Waals surface area contributed by atoms with Crippen LogP contribution in [0.1, 0.15) is 25.2 Å². The second-order valence-electron chi connectivity index (χ2n) is 4.48. The molecular formula is C11H19N5O2. The Morgan fingerprint density at radius 3 is 2.94 bits per heavy atom. The van der Waals surface area contributed by atoms with Crippen molar-refractivity contribution in [3.63, 3.8) is 0 Å². The third-order valence-corrected chi connectivity index (χ3v) is 2.86. The van der Waals surface area contributed by atoms with Gasteiger partial charge in [-0.15, -0.1) is 5.10 Å². The fourth-order valence-electron chi connectivity index (χ4n) is 1.48. The van der Waals surface area contributed by atoms with Crippen molar-refractivity contribution < 1.29 is 9.21 Å². The molecule has 1 aliphatic rings. The highest BCUT2D eigenvalue weighted by Gasteiger charge is 2.21. The molecule has 2 N–H and O–H groups in total. The van der Waals surface area contributed by atoms with Crippen LogP contribution in [0.25, 0.3) is 0 Å². The minimum Gasteiger partial charge on any atom is -0.407 e. The Morgan fingerprint density at radius 2 is 2.28 bits per heavy atom. The molecular weight excluding hydrogens is 234 g/mol. The number of nitrogens with zero attached hydrogens (tertiary/aromatic N) is 3. The highest BCUT2D eigenvalue weighted by atomic mass is 16.4. The zero-order valence-corrected chi connectivity index (χ0v) is 10.8. The summed E-state index contributed by atoms with van der Waals surface area (Å²) >= 11 is 0. The monoisotopic (exact) mass is 253 g/mol. The Bertz CT molecular complexity index is 402. The summed E-state index contributed by atoms with van der Waals surface area (Å²) in [5.41, 5.74) is 0. The number of nitrogens with one attached hydrogen (secondary N) is 2. The lowest BCUT2D eigenvalue weighted by atomic mass is 10.4. The molecule has 0 bridgehead atoms. The van der Waals surface area contributed by atoms with Gasteiger partial charge in [0.1, 0.15) is 0 Å². The summed E-state index contributed by atoms with van der Waals surface area (Å²) in [6.45, 7) is 1.16. The lowest BCUT2D eigenvalue weighted by Gasteiger charge is -2.12. The number of carbonyl (C=O) groups is 1. The van der Waals surface area contributed by atoms with Crippen LogP contribution in [0.2, 0.25) is 0 Å². The molecule has 18 heavy (non-hydrogen) atoms. The Kier molecular flexibility index (Phi) is 4.14. The Labute approximate surface area is 106 Å². The molecule has 100 valence electrons. The van der Waals surface area contributed by atoms with Crippen LogP contribution in [-0.4, -0.2) is 42.8 Å². The maximum absolute atomic E-state index is 11.1. The largest absolute Gasteiger partial charge is 0.407 e. The Balaban J connectivity index is 1.78. The van der Waals surface area contributed by atoms with E-state index in [1.165, 1.54) is 12.8 Å². The highest BCUT2D eigenvalue weighted by molar-refractivity contribution is 5.76. The maximum Gasteiger partial charge on any atom is 0.317 e. The molecule has 1 aromatic rings. The number of aromatic nitrogens is 2. The quantitative estimate of drug-likeness (QED) is 0.705. The van der Waals surface area contributed by atoms with Crippen LogP contribution < -0.4 is 15.5 Å². The molecule has 0 aromatic carbocycles. The average Bonchev–Trinajstić information content (AvgIpc) is 3.10. The smallest absolute Gasteiger partial charge is 0.317 e. The van der Waals surface area contributed by atoms with Gasteiger partial charge in [-0.1, -0.05) is 5.10 Å². The second-order valence-corrected chi connectivity index (χ2v) is 4.48. The molecule has 1 saturated carbocycles. The van der Waals surface area contributed by atoms with Crippen molar-refractivity contribution >= 4 is 11.9 Å². The molecule has 0 unspecified atom stereocenters. The Morgan fingerprint density at radius 1 is 1.50 bits per heavy atom. The van der Waals surface area contributed by atoms with Gasteiger partial charge in [0.2, 0.25) is 11.8 Å². The van der Waals surface area contributed by atoms with Crippen LogP contribution in [0.3, 0.4) is 0 Å². The number of hydrogen-bond donors (Lipinski definition) is 2. The van der Waals surface area contributed by atoms with Crippen molar-refractivity contribution in [2.75, 3.05) is 25.5 Å². The predicted molar refractivity (Wildman–Crippen MR) is 66.1 cm³/mol. The molecule has 1 fully saturated rings. The van der Waals surface area contributed by atoms with Gasteiger partial charge in [0.15, 0.2) is 0 Å². The van der Waals surface area contributed by atoms with Crippen LogP contribution in [0.4, 0.5) is 6.01 Å². The molecule has 0 aliphatic heterocycles. The van der Waals surface area contributed by atoms with Gasteiger partial charge in [0, 0.05) is 33.1 Å². The molecule has 1 aromatic heterocycles. The second kappa shape index (κ2) is 5.81. The van der Waals surface area contributed by atoms with Gasteiger partial charge in [-0.05, 0) is 12.8 Å². The van der Waals surface area contributed by atoms with E-state index in [1.807, 2.05) is 7.05 Å². The first-order valence-corrected chi connectivity index (χ1v) is 6.16. The molecule has 0 radical (unpaired) electrons. The van der Waals surface area contributed by atoms with Gasteiger partial charge in [0.25, 0.3) is 0 Å². The molecule has 0 spiro atoms. The third kappa shape index (κ3) is 3.69. The fraction of sp³-hybridized carbons (Fsp3) is 0.727. The number of anilines is 1. The lowest BCUT2D eigenvalue weighted by Crippen LogP contribution is -2.26. The lowest BCUT2D eigenvalue weighted by molar-refractivity contribution is -0.120. The van der Waals surface area contributed by atoms with Crippen molar-refractivity contribution in [2.45, 2.75) is 31.8 Å². The standard InChI is InChI=1S/C11H19N5O2/c1-12-9(17)5-6-16(2)11-15-14-10(18-11)7-13-8-3-4-8/h8,13H,3-7H2,1-2H3,(H,12,17). The summed E-state index contributed by atoms with van der Waals surface area (Å²) in [7, 11) is 3.45. The zero-order chi connectivity index (χ0) is 13.0. The van der Waals surface area contributed by atoms with E-state index in [1.54, 1.807) is 11.9 Å². The van der Waals surface area contributed by atoms with Gasteiger partial charge in [-0.2, -0.15) is 0 Å². The SMILES string of the molecule is CNC(=O)CCN(C)c1nnc(CNC2CC2)o1. The van der Waals surface area contributed by atoms with E-state index in [9.17, 15) is 4.79 Å². The van der Waals surface area contributed by atoms with Gasteiger partial charge in [-0.3, -0.25) is 4.79 Å². The van der Waals surface area contributed by atoms with Crippen LogP contribution in [0.15, 0.2) is 4.42 Å². The van der Waals surface area contributed by atoms with Crippen LogP contribution in [0.5, 0.6) is 0 Å². The van der Waals surface area contributed by atoms with Gasteiger partial charge in [-0.25, -0.2) is 0 Å². The van der Waals surface area contributed by atoms with Crippen molar-refractivity contribution in [3.05, 3.63) is 5.89 Å². The van der Waals surface area contributed by atoms with Crippen molar-refractivity contribution in [1.82, 2.24) is 20.8 Å². The molecule has 7 heteroatoms. The van der Waals surface area contributed by atoms with E-state index in [-0.39, 0.29) is 5.91 Å². The number of carbonyl (C=O) groups excluding carboxylic acids is 1. The van der Waals surface area contributed by atoms with Crippen LogP contribution in [0, 0.1) is 0 Å². The van der Waals surface area contributed by atoms with Crippen LogP contribution >= 0.6 is 0 Å². The Hall–Kier alpha value is -1.63. The maximum atomic E-state index is 11.1. The minimum absolute atomic E-state index is 0.00279. The summed E-state index contributed by atoms with van der Waals surface area (Å²) in [5.74, 6) is 0.584. The van der Waals surface area contributed by atoms with Crippen molar-refractivity contribution in [3.8, 4) is 0 Å². The summed E-state index contributed by atoms with van der Waals surface area (Å²) in [5, 5.41) is 13.8. The average molecular weight is 253 g/mol. The molecule has 2 rings (SSSR count). The predicted octanol–water partition coefficient (Wildman–Crippen LogP) is -0.106. The first-order valence-electron chi connectivity index (χ1n) is 6.16. The third-order valence-electron chi connectivity index (χ3n) is 2.86. The number of hydrogen-bond acceptors (Lipinski definition) is 6. The van der Waals surface area contributed by atoms with E-state index in [2.05, 4.69) is 20.8 Å². The molecule has 0 atom stereocenters. The first-order chi connectivity index (χ1) is 8.69. The zero-order valence-electron chi connectivity index (χ0n) is 10.8. The summed E-state index contributed by atoms with van der Waals surface area (Å²) in [6, 6.07) is 1.07. The summed E-state index contributed by atoms with van der Waals surface area (Å²) in [4.78, 5) is 12.9. The molecule has 0 saturated heterocycles. The van der Waals surface area contributed by atoms with E-state index in [0.29, 0.717) is 37.5 Å². The van der Waals surface area contributed by atoms with E-state index < -0.39 is 0 Å². The van der Waals surface area contributed by atoms with Gasteiger partial charge in [0.05, 0.1) is 6.54 Å². The normalized spacial score (nSPS) is 14.6. The molecule has 7 nitrogen and oxygen atoms in total. The minimum atomic E-state index is -0.00279. The van der Waals surface area contributed by atoms with E-state index >= 15 is 0 Å². The number of rotatable bonds is 7. The molecule has 1 heterocycles. The van der Waals surface area contributed by atoms with Crippen LogP contribution in [-0.2, 0) is 11.3 Å². The molecule has 1 aliphatic carbocycles. The van der Waals surface area contributed by atoms with Gasteiger partial charge < -0.3 is 20.0 Å². The fourth-order valence-corrected chi connectivity index (χ4v) is 1.48. The highest BCUT2D eigenvalue weighted by Crippen LogP contribution is 2.19. The summed E-state index contributed by atoms with van der Waals surface area (Å²) in [6.07, 6.45) is 2.87. The van der Waals surface area contributed by atoms with E-state index in [4.69, 9.17) is 4.42 Å². The number of amides is 1. The van der Waals surface area contributed by atoms with E-state index in [0.717, 1.165) is 0 Å². The van der Waals surface area contributed by atoms with Gasteiger partial charge >= 0.3 is 6.01 Å². The topological polar surface area (TPSA) is 83.3 Å². The first kappa shape index (κ1) is 12.8. The van der Waals surface area contributed by atoms with Crippen molar-refractivity contribution in [2.24, 2.45) is 0 Å².